The second-order valence-corrected chi connectivity index (χ2v) is 4.64. The highest BCUT2D eigenvalue weighted by molar-refractivity contribution is 9.10. The highest BCUT2D eigenvalue weighted by Crippen LogP contribution is 2.27. The predicted molar refractivity (Wildman–Crippen MR) is 66.2 cm³/mol. The van der Waals surface area contributed by atoms with Gasteiger partial charge in [0, 0.05) is 16.7 Å². The van der Waals surface area contributed by atoms with Gasteiger partial charge >= 0.3 is 0 Å². The molecule has 0 bridgehead atoms. The third-order valence-corrected chi connectivity index (χ3v) is 3.24. The lowest BCUT2D eigenvalue weighted by Crippen LogP contribution is -2.04. The first-order chi connectivity index (χ1) is 8.90. The molecule has 0 amide bonds. The SMILES string of the molecule is Cc1cc(Nc2c(F)c(F)cc(F)c2F)ncc1Br. The van der Waals surface area contributed by atoms with Gasteiger partial charge < -0.3 is 5.32 Å². The first-order valence-corrected chi connectivity index (χ1v) is 5.91. The molecule has 1 aromatic heterocycles. The van der Waals surface area contributed by atoms with Gasteiger partial charge in [-0.25, -0.2) is 22.5 Å². The number of nitrogens with one attached hydrogen (secondary N) is 1. The largest absolute Gasteiger partial charge is 0.335 e. The van der Waals surface area contributed by atoms with E-state index in [-0.39, 0.29) is 11.9 Å². The van der Waals surface area contributed by atoms with E-state index in [4.69, 9.17) is 0 Å². The number of hydrogen-bond acceptors (Lipinski definition) is 2. The van der Waals surface area contributed by atoms with Crippen LogP contribution < -0.4 is 5.32 Å². The normalized spacial score (nSPS) is 10.6. The molecule has 19 heavy (non-hydrogen) atoms. The van der Waals surface area contributed by atoms with Crippen LogP contribution in [0.5, 0.6) is 0 Å². The molecule has 2 aromatic rings. The quantitative estimate of drug-likeness (QED) is 0.648. The van der Waals surface area contributed by atoms with E-state index < -0.39 is 29.0 Å². The molecule has 0 aliphatic rings. The van der Waals surface area contributed by atoms with E-state index in [2.05, 4.69) is 26.2 Å². The number of aryl methyl sites for hydroxylation is 1. The van der Waals surface area contributed by atoms with Gasteiger partial charge in [0.05, 0.1) is 0 Å². The van der Waals surface area contributed by atoms with Crippen molar-refractivity contribution in [1.82, 2.24) is 4.98 Å². The molecular weight excluding hydrogens is 328 g/mol. The number of rotatable bonds is 2. The summed E-state index contributed by atoms with van der Waals surface area (Å²) in [6.45, 7) is 1.73. The lowest BCUT2D eigenvalue weighted by Gasteiger charge is -2.10. The molecule has 0 saturated heterocycles. The van der Waals surface area contributed by atoms with Crippen LogP contribution in [0.1, 0.15) is 5.56 Å². The van der Waals surface area contributed by atoms with E-state index in [9.17, 15) is 17.6 Å². The Balaban J connectivity index is 2.46. The fourth-order valence-corrected chi connectivity index (χ4v) is 1.64. The smallest absolute Gasteiger partial charge is 0.185 e. The molecule has 1 N–H and O–H groups in total. The van der Waals surface area contributed by atoms with Crippen LogP contribution in [0.25, 0.3) is 0 Å². The first-order valence-electron chi connectivity index (χ1n) is 5.12. The van der Waals surface area contributed by atoms with E-state index in [1.165, 1.54) is 12.3 Å². The van der Waals surface area contributed by atoms with E-state index in [1.807, 2.05) is 0 Å². The van der Waals surface area contributed by atoms with Crippen LogP contribution in [0.15, 0.2) is 22.8 Å². The Bertz CT molecular complexity index is 620. The Hall–Kier alpha value is -1.63. The van der Waals surface area contributed by atoms with Crippen molar-refractivity contribution < 1.29 is 17.6 Å². The van der Waals surface area contributed by atoms with E-state index >= 15 is 0 Å². The molecule has 100 valence electrons. The van der Waals surface area contributed by atoms with Gasteiger partial charge in [-0.3, -0.25) is 0 Å². The summed E-state index contributed by atoms with van der Waals surface area (Å²) >= 11 is 3.21. The summed E-state index contributed by atoms with van der Waals surface area (Å²) < 4.78 is 53.6. The van der Waals surface area contributed by atoms with Gasteiger partial charge in [-0.05, 0) is 34.5 Å². The first kappa shape index (κ1) is 13.8. The van der Waals surface area contributed by atoms with Gasteiger partial charge in [-0.1, -0.05) is 0 Å². The molecule has 1 heterocycles. The lowest BCUT2D eigenvalue weighted by molar-refractivity contribution is 0.459. The summed E-state index contributed by atoms with van der Waals surface area (Å²) in [7, 11) is 0. The molecule has 0 unspecified atom stereocenters. The third kappa shape index (κ3) is 2.70. The standard InChI is InChI=1S/C12H7BrF4N2/c1-5-2-9(18-4-6(5)13)19-12-10(16)7(14)3-8(15)11(12)17/h2-4H,1H3,(H,18,19). The topological polar surface area (TPSA) is 24.9 Å². The van der Waals surface area contributed by atoms with Crippen LogP contribution in [-0.4, -0.2) is 4.98 Å². The molecule has 0 aliphatic carbocycles. The van der Waals surface area contributed by atoms with Crippen molar-refractivity contribution in [1.29, 1.82) is 0 Å². The number of nitrogens with zero attached hydrogens (tertiary/aromatic N) is 1. The molecule has 0 aliphatic heterocycles. The molecular formula is C12H7BrF4N2. The van der Waals surface area contributed by atoms with Crippen LogP contribution in [0, 0.1) is 30.2 Å². The second kappa shape index (κ2) is 5.16. The predicted octanol–water partition coefficient (Wildman–Crippen LogP) is 4.45. The summed E-state index contributed by atoms with van der Waals surface area (Å²) in [6.07, 6.45) is 1.41. The van der Waals surface area contributed by atoms with E-state index in [0.717, 1.165) is 5.56 Å². The van der Waals surface area contributed by atoms with Gasteiger partial charge in [0.25, 0.3) is 0 Å². The van der Waals surface area contributed by atoms with Crippen molar-refractivity contribution in [2.45, 2.75) is 6.92 Å². The maximum Gasteiger partial charge on any atom is 0.185 e. The fourth-order valence-electron chi connectivity index (χ4n) is 1.42. The highest BCUT2D eigenvalue weighted by Gasteiger charge is 2.19. The zero-order chi connectivity index (χ0) is 14.2. The minimum Gasteiger partial charge on any atom is -0.335 e. The van der Waals surface area contributed by atoms with Gasteiger partial charge in [0.15, 0.2) is 23.3 Å². The maximum absolute atomic E-state index is 13.4. The molecule has 0 atom stereocenters. The monoisotopic (exact) mass is 334 g/mol. The molecule has 7 heteroatoms. The van der Waals surface area contributed by atoms with Crippen LogP contribution in [0.4, 0.5) is 29.1 Å². The highest BCUT2D eigenvalue weighted by atomic mass is 79.9. The Morgan fingerprint density at radius 1 is 1.05 bits per heavy atom. The zero-order valence-corrected chi connectivity index (χ0v) is 11.2. The minimum atomic E-state index is -1.50. The van der Waals surface area contributed by atoms with Crippen molar-refractivity contribution in [2.24, 2.45) is 0 Å². The third-order valence-electron chi connectivity index (χ3n) is 2.41. The van der Waals surface area contributed by atoms with Crippen LogP contribution >= 0.6 is 15.9 Å². The van der Waals surface area contributed by atoms with Crippen LogP contribution in [0.2, 0.25) is 0 Å². The van der Waals surface area contributed by atoms with Crippen molar-refractivity contribution in [3.05, 3.63) is 51.6 Å². The summed E-state index contributed by atoms with van der Waals surface area (Å²) in [5.41, 5.74) is -0.165. The molecule has 2 rings (SSSR count). The summed E-state index contributed by atoms with van der Waals surface area (Å²) in [5, 5.41) is 2.23. The lowest BCUT2D eigenvalue weighted by atomic mass is 10.2. The van der Waals surface area contributed by atoms with Gasteiger partial charge in [-0.15, -0.1) is 0 Å². The average Bonchev–Trinajstić information content (AvgIpc) is 2.36. The number of halogens is 5. The molecule has 0 saturated carbocycles. The average molecular weight is 335 g/mol. The number of aromatic nitrogens is 1. The summed E-state index contributed by atoms with van der Waals surface area (Å²) in [5.74, 6) is -5.88. The van der Waals surface area contributed by atoms with Gasteiger partial charge in [-0.2, -0.15) is 0 Å². The van der Waals surface area contributed by atoms with E-state index in [0.29, 0.717) is 4.47 Å². The maximum atomic E-state index is 13.4. The molecule has 0 radical (unpaired) electrons. The Labute approximate surface area is 114 Å². The zero-order valence-electron chi connectivity index (χ0n) is 9.57. The van der Waals surface area contributed by atoms with Crippen LogP contribution in [-0.2, 0) is 0 Å². The summed E-state index contributed by atoms with van der Waals surface area (Å²) in [4.78, 5) is 3.84. The molecule has 0 fully saturated rings. The van der Waals surface area contributed by atoms with Crippen molar-refractivity contribution in [2.75, 3.05) is 5.32 Å². The number of anilines is 2. The van der Waals surface area contributed by atoms with Crippen molar-refractivity contribution in [3.8, 4) is 0 Å². The second-order valence-electron chi connectivity index (χ2n) is 3.79. The Morgan fingerprint density at radius 3 is 2.16 bits per heavy atom. The molecule has 1 aromatic carbocycles. The number of benzene rings is 1. The molecule has 2 nitrogen and oxygen atoms in total. The van der Waals surface area contributed by atoms with Crippen molar-refractivity contribution >= 4 is 27.4 Å². The molecule has 0 spiro atoms. The van der Waals surface area contributed by atoms with E-state index in [1.54, 1.807) is 6.92 Å². The summed E-state index contributed by atoms with van der Waals surface area (Å²) in [6, 6.07) is 1.63. The fraction of sp³-hybridized carbons (Fsp3) is 0.0833. The van der Waals surface area contributed by atoms with Gasteiger partial charge in [0.1, 0.15) is 11.5 Å². The van der Waals surface area contributed by atoms with Crippen molar-refractivity contribution in [3.63, 3.8) is 0 Å². The van der Waals surface area contributed by atoms with Crippen LogP contribution in [0.3, 0.4) is 0 Å². The Morgan fingerprint density at radius 2 is 1.63 bits per heavy atom. The Kier molecular flexibility index (Phi) is 3.75. The van der Waals surface area contributed by atoms with Gasteiger partial charge in [0.2, 0.25) is 0 Å². The number of hydrogen-bond donors (Lipinski definition) is 1. The minimum absolute atomic E-state index is 0.0727. The number of pyridine rings is 1.